The van der Waals surface area contributed by atoms with E-state index in [0.717, 1.165) is 22.0 Å². The first-order chi connectivity index (χ1) is 16.2. The fourth-order valence-electron chi connectivity index (χ4n) is 3.94. The maximum atomic E-state index is 12.9. The molecule has 1 atom stereocenters. The topological polar surface area (TPSA) is 53.4 Å². The first kappa shape index (κ1) is 23.9. The second-order valence-corrected chi connectivity index (χ2v) is 11.8. The molecule has 4 rings (SSSR count). The normalized spacial score (nSPS) is 12.8. The molecule has 0 N–H and O–H groups in total. The van der Waals surface area contributed by atoms with E-state index in [9.17, 15) is 4.79 Å². The zero-order valence-electron chi connectivity index (χ0n) is 20.4. The van der Waals surface area contributed by atoms with Crippen LogP contribution in [0.5, 0.6) is 5.75 Å². The Hall–Kier alpha value is -3.22. The fourth-order valence-corrected chi connectivity index (χ4v) is 4.91. The van der Waals surface area contributed by atoms with E-state index in [1.807, 2.05) is 72.9 Å². The predicted octanol–water partition coefficient (Wildman–Crippen LogP) is 6.32. The third-order valence-corrected chi connectivity index (χ3v) is 6.27. The van der Waals surface area contributed by atoms with Crippen molar-refractivity contribution >= 4 is 19.9 Å². The smallest absolute Gasteiger partial charge is 0.256 e. The molecule has 2 aromatic carbocycles. The lowest BCUT2D eigenvalue weighted by molar-refractivity contribution is 0.0863. The summed E-state index contributed by atoms with van der Waals surface area (Å²) in [6.07, 6.45) is 1.78. The van der Waals surface area contributed by atoms with Crippen LogP contribution in [0, 0.1) is 5.41 Å². The first-order valence-corrected chi connectivity index (χ1v) is 13.9. The summed E-state index contributed by atoms with van der Waals surface area (Å²) in [6, 6.07) is 23.1. The predicted molar refractivity (Wildman–Crippen MR) is 139 cm³/mol. The zero-order valence-corrected chi connectivity index (χ0v) is 21.4. The van der Waals surface area contributed by atoms with E-state index in [4.69, 9.17) is 9.16 Å². The van der Waals surface area contributed by atoms with Gasteiger partial charge in [-0.15, -0.1) is 0 Å². The van der Waals surface area contributed by atoms with Crippen molar-refractivity contribution in [2.75, 3.05) is 0 Å². The highest BCUT2D eigenvalue weighted by atomic mass is 28.3. The number of hydrogen-bond donors (Lipinski definition) is 0. The Morgan fingerprint density at radius 1 is 0.971 bits per heavy atom. The second kappa shape index (κ2) is 9.95. The molecular formula is C28H31N2O3Si. The van der Waals surface area contributed by atoms with Gasteiger partial charge in [0.2, 0.25) is 9.04 Å². The number of nitrogens with zero attached hydrogens (tertiary/aromatic N) is 2. The molecule has 0 saturated carbocycles. The standard InChI is InChI=1S/C28H31N2O3Si/c1-28(2,3)27(33-34(4)5)22-12-15-25(29-18-22)30-24-17-23(14-11-21(24)13-16-26(30)31)32-19-20-9-7-6-8-10-20/h6-18,27H,19H2,1-5H3. The molecule has 34 heavy (non-hydrogen) atoms. The van der Waals surface area contributed by atoms with E-state index in [-0.39, 0.29) is 17.1 Å². The largest absolute Gasteiger partial charge is 0.489 e. The number of benzene rings is 2. The summed E-state index contributed by atoms with van der Waals surface area (Å²) in [5.74, 6) is 1.28. The van der Waals surface area contributed by atoms with Gasteiger partial charge in [-0.1, -0.05) is 57.2 Å². The molecule has 1 radical (unpaired) electrons. The first-order valence-electron chi connectivity index (χ1n) is 11.5. The molecule has 0 saturated heterocycles. The molecule has 4 aromatic rings. The Bertz CT molecular complexity index is 1310. The van der Waals surface area contributed by atoms with Gasteiger partial charge >= 0.3 is 0 Å². The third-order valence-electron chi connectivity index (χ3n) is 5.56. The van der Waals surface area contributed by atoms with Crippen LogP contribution in [-0.2, 0) is 11.0 Å². The van der Waals surface area contributed by atoms with Gasteiger partial charge in [0.25, 0.3) is 5.56 Å². The Morgan fingerprint density at radius 2 is 1.71 bits per heavy atom. The van der Waals surface area contributed by atoms with Crippen LogP contribution >= 0.6 is 0 Å². The molecule has 0 bridgehead atoms. The van der Waals surface area contributed by atoms with Crippen LogP contribution in [-0.4, -0.2) is 18.6 Å². The lowest BCUT2D eigenvalue weighted by Crippen LogP contribution is -2.26. The summed E-state index contributed by atoms with van der Waals surface area (Å²) in [6.45, 7) is 11.2. The number of pyridine rings is 2. The van der Waals surface area contributed by atoms with Crippen LogP contribution in [0.1, 0.15) is 38.0 Å². The van der Waals surface area contributed by atoms with Crippen molar-refractivity contribution in [3.05, 3.63) is 100 Å². The molecule has 0 aliphatic rings. The van der Waals surface area contributed by atoms with Gasteiger partial charge in [-0.2, -0.15) is 0 Å². The number of fused-ring (bicyclic) bond motifs is 1. The summed E-state index contributed by atoms with van der Waals surface area (Å²) in [4.78, 5) is 17.6. The molecule has 0 aliphatic carbocycles. The molecule has 175 valence electrons. The number of aromatic nitrogens is 2. The van der Waals surface area contributed by atoms with Crippen LogP contribution in [0.4, 0.5) is 0 Å². The van der Waals surface area contributed by atoms with E-state index in [0.29, 0.717) is 18.2 Å². The van der Waals surface area contributed by atoms with E-state index in [1.165, 1.54) is 0 Å². The quantitative estimate of drug-likeness (QED) is 0.296. The summed E-state index contributed by atoms with van der Waals surface area (Å²) >= 11 is 0. The minimum Gasteiger partial charge on any atom is -0.489 e. The van der Waals surface area contributed by atoms with Crippen LogP contribution in [0.15, 0.2) is 83.8 Å². The van der Waals surface area contributed by atoms with E-state index >= 15 is 0 Å². The average Bonchev–Trinajstić information content (AvgIpc) is 2.81. The van der Waals surface area contributed by atoms with Gasteiger partial charge in [0.1, 0.15) is 18.2 Å². The van der Waals surface area contributed by atoms with Gasteiger partial charge in [0.05, 0.1) is 11.6 Å². The molecule has 0 aliphatic heterocycles. The molecule has 0 spiro atoms. The second-order valence-electron chi connectivity index (χ2n) is 9.72. The van der Waals surface area contributed by atoms with Crippen molar-refractivity contribution < 1.29 is 9.16 Å². The highest BCUT2D eigenvalue weighted by Gasteiger charge is 2.28. The van der Waals surface area contributed by atoms with Gasteiger partial charge in [-0.25, -0.2) is 4.98 Å². The summed E-state index contributed by atoms with van der Waals surface area (Å²) in [5, 5.41) is 0.942. The Kier molecular flexibility index (Phi) is 7.00. The maximum absolute atomic E-state index is 12.9. The summed E-state index contributed by atoms with van der Waals surface area (Å²) in [7, 11) is -0.887. The van der Waals surface area contributed by atoms with E-state index < -0.39 is 9.04 Å². The van der Waals surface area contributed by atoms with Crippen molar-refractivity contribution in [3.8, 4) is 11.6 Å². The Morgan fingerprint density at radius 3 is 2.35 bits per heavy atom. The van der Waals surface area contributed by atoms with Crippen molar-refractivity contribution in [2.24, 2.45) is 5.41 Å². The minimum atomic E-state index is -0.887. The number of rotatable bonds is 7. The monoisotopic (exact) mass is 471 g/mol. The molecule has 0 fully saturated rings. The number of ether oxygens (including phenoxy) is 1. The third kappa shape index (κ3) is 5.46. The molecule has 5 nitrogen and oxygen atoms in total. The van der Waals surface area contributed by atoms with Gasteiger partial charge in [0, 0.05) is 18.3 Å². The Labute approximate surface area is 202 Å². The highest BCUT2D eigenvalue weighted by Crippen LogP contribution is 2.36. The fraction of sp³-hybridized carbons (Fsp3) is 0.286. The van der Waals surface area contributed by atoms with Crippen molar-refractivity contribution in [3.63, 3.8) is 0 Å². The number of hydrogen-bond acceptors (Lipinski definition) is 4. The molecular weight excluding hydrogens is 440 g/mol. The molecule has 6 heteroatoms. The van der Waals surface area contributed by atoms with Gasteiger partial charge in [-0.05, 0) is 59.3 Å². The van der Waals surface area contributed by atoms with Crippen molar-refractivity contribution in [2.45, 2.75) is 46.6 Å². The van der Waals surface area contributed by atoms with E-state index in [2.05, 4.69) is 38.8 Å². The minimum absolute atomic E-state index is 0.0554. The summed E-state index contributed by atoms with van der Waals surface area (Å²) in [5.41, 5.74) is 2.66. The molecule has 2 heterocycles. The Balaban J connectivity index is 1.69. The molecule has 1 unspecified atom stereocenters. The zero-order chi connectivity index (χ0) is 24.3. The highest BCUT2D eigenvalue weighted by molar-refractivity contribution is 6.48. The van der Waals surface area contributed by atoms with Crippen LogP contribution < -0.4 is 10.3 Å². The maximum Gasteiger partial charge on any atom is 0.256 e. The summed E-state index contributed by atoms with van der Waals surface area (Å²) < 4.78 is 13.9. The SMILES string of the molecule is C[Si](C)OC(c1ccc(-n2c(=O)ccc3ccc(OCc4ccccc4)cc32)nc1)C(C)(C)C. The molecule has 0 amide bonds. The van der Waals surface area contributed by atoms with E-state index in [1.54, 1.807) is 10.6 Å². The average molecular weight is 472 g/mol. The van der Waals surface area contributed by atoms with Gasteiger partial charge < -0.3 is 9.16 Å². The van der Waals surface area contributed by atoms with Crippen LogP contribution in [0.25, 0.3) is 16.7 Å². The molecule has 2 aromatic heterocycles. The van der Waals surface area contributed by atoms with Crippen LogP contribution in [0.2, 0.25) is 13.1 Å². The lowest BCUT2D eigenvalue weighted by atomic mass is 9.85. The van der Waals surface area contributed by atoms with Gasteiger partial charge in [-0.3, -0.25) is 9.36 Å². The van der Waals surface area contributed by atoms with Crippen LogP contribution in [0.3, 0.4) is 0 Å². The van der Waals surface area contributed by atoms with Crippen molar-refractivity contribution in [1.82, 2.24) is 9.55 Å². The van der Waals surface area contributed by atoms with Crippen molar-refractivity contribution in [1.29, 1.82) is 0 Å². The van der Waals surface area contributed by atoms with Gasteiger partial charge in [0.15, 0.2) is 0 Å². The lowest BCUT2D eigenvalue weighted by Gasteiger charge is -2.32.